The van der Waals surface area contributed by atoms with Crippen LogP contribution in [0, 0.1) is 0 Å². The highest BCUT2D eigenvalue weighted by Crippen LogP contribution is 2.27. The maximum Gasteiger partial charge on any atom is 0.342 e. The highest BCUT2D eigenvalue weighted by molar-refractivity contribution is 7.93. The average molecular weight is 247 g/mol. The number of esters is 1. The Morgan fingerprint density at radius 3 is 2.56 bits per heavy atom. The van der Waals surface area contributed by atoms with Gasteiger partial charge in [0.25, 0.3) is 0 Å². The van der Waals surface area contributed by atoms with Crippen LogP contribution < -0.4 is 5.14 Å². The maximum atomic E-state index is 11.5. The largest absolute Gasteiger partial charge is 0.467 e. The van der Waals surface area contributed by atoms with E-state index in [1.54, 1.807) is 0 Å². The van der Waals surface area contributed by atoms with Crippen molar-refractivity contribution in [2.45, 2.75) is 12.0 Å². The quantitative estimate of drug-likeness (QED) is 0.689. The second-order valence-electron chi connectivity index (χ2n) is 3.28. The summed E-state index contributed by atoms with van der Waals surface area (Å²) in [7, 11) is -1.36. The van der Waals surface area contributed by atoms with Crippen molar-refractivity contribution >= 4 is 16.0 Å². The molecule has 1 aliphatic carbocycles. The third-order valence-electron chi connectivity index (χ3n) is 2.30. The zero-order valence-electron chi connectivity index (χ0n) is 8.97. The van der Waals surface area contributed by atoms with Gasteiger partial charge in [0, 0.05) is 13.5 Å². The van der Waals surface area contributed by atoms with Crippen molar-refractivity contribution in [2.24, 2.45) is 5.14 Å². The van der Waals surface area contributed by atoms with E-state index in [-0.39, 0.29) is 11.3 Å². The number of sulfonamides is 1. The molecule has 0 radical (unpaired) electrons. The Morgan fingerprint density at radius 1 is 1.50 bits per heavy atom. The van der Waals surface area contributed by atoms with Gasteiger partial charge in [-0.1, -0.05) is 6.08 Å². The summed E-state index contributed by atoms with van der Waals surface area (Å²) < 4.78 is 31.9. The highest BCUT2D eigenvalue weighted by Gasteiger charge is 2.39. The van der Waals surface area contributed by atoms with Crippen LogP contribution in [-0.4, -0.2) is 34.2 Å². The van der Waals surface area contributed by atoms with E-state index >= 15 is 0 Å². The van der Waals surface area contributed by atoms with Gasteiger partial charge in [-0.3, -0.25) is 0 Å². The molecular formula is C9H13NO5S. The molecule has 0 aromatic carbocycles. The van der Waals surface area contributed by atoms with Crippen molar-refractivity contribution in [1.29, 1.82) is 0 Å². The van der Waals surface area contributed by atoms with Crippen molar-refractivity contribution in [3.63, 3.8) is 0 Å². The fourth-order valence-corrected chi connectivity index (χ4v) is 2.05. The second kappa shape index (κ2) is 4.36. The predicted molar refractivity (Wildman–Crippen MR) is 56.7 cm³/mol. The minimum Gasteiger partial charge on any atom is -0.467 e. The van der Waals surface area contributed by atoms with Crippen molar-refractivity contribution < 1.29 is 22.7 Å². The first-order valence-corrected chi connectivity index (χ1v) is 5.96. The van der Waals surface area contributed by atoms with E-state index in [4.69, 9.17) is 9.88 Å². The molecule has 0 spiro atoms. The van der Waals surface area contributed by atoms with Crippen LogP contribution in [-0.2, 0) is 24.3 Å². The minimum atomic E-state index is -3.86. The third-order valence-corrected chi connectivity index (χ3v) is 3.21. The van der Waals surface area contributed by atoms with Crippen LogP contribution in [0.15, 0.2) is 23.1 Å². The van der Waals surface area contributed by atoms with Crippen LogP contribution in [0.2, 0.25) is 0 Å². The first-order valence-electron chi connectivity index (χ1n) is 4.41. The molecule has 7 heteroatoms. The first-order chi connectivity index (χ1) is 7.35. The number of rotatable bonds is 3. The number of carbonyl (C=O) groups is 1. The summed E-state index contributed by atoms with van der Waals surface area (Å²) in [5.74, 6) is -0.666. The Bertz CT molecular complexity index is 451. The van der Waals surface area contributed by atoms with Gasteiger partial charge in [0.15, 0.2) is 5.60 Å². The van der Waals surface area contributed by atoms with Crippen molar-refractivity contribution in [3.05, 3.63) is 23.1 Å². The maximum absolute atomic E-state index is 11.5. The summed E-state index contributed by atoms with van der Waals surface area (Å²) in [5, 5.41) is 4.97. The SMILES string of the molecule is COC(=O)C1(OC)C=C(S(N)(=O)=O)C=CC1. The van der Waals surface area contributed by atoms with Crippen LogP contribution in [0.25, 0.3) is 0 Å². The lowest BCUT2D eigenvalue weighted by molar-refractivity contribution is -0.160. The lowest BCUT2D eigenvalue weighted by Gasteiger charge is -2.27. The molecule has 0 saturated heterocycles. The number of methoxy groups -OCH3 is 2. The number of hydrogen-bond acceptors (Lipinski definition) is 5. The van der Waals surface area contributed by atoms with Gasteiger partial charge in [0.1, 0.15) is 0 Å². The van der Waals surface area contributed by atoms with E-state index in [9.17, 15) is 13.2 Å². The molecule has 0 bridgehead atoms. The molecule has 0 saturated carbocycles. The molecule has 16 heavy (non-hydrogen) atoms. The smallest absolute Gasteiger partial charge is 0.342 e. The Kier molecular flexibility index (Phi) is 3.51. The van der Waals surface area contributed by atoms with Gasteiger partial charge in [-0.15, -0.1) is 0 Å². The van der Waals surface area contributed by atoms with Gasteiger partial charge in [-0.25, -0.2) is 18.4 Å². The van der Waals surface area contributed by atoms with Gasteiger partial charge in [-0.05, 0) is 12.2 Å². The lowest BCUT2D eigenvalue weighted by Crippen LogP contribution is -2.41. The van der Waals surface area contributed by atoms with Gasteiger partial charge >= 0.3 is 5.97 Å². The second-order valence-corrected chi connectivity index (χ2v) is 4.84. The van der Waals surface area contributed by atoms with E-state index in [0.717, 1.165) is 6.08 Å². The number of ether oxygens (including phenoxy) is 2. The number of allylic oxidation sites excluding steroid dienone is 1. The zero-order chi connectivity index (χ0) is 12.4. The Hall–Kier alpha value is -1.18. The molecule has 0 aliphatic heterocycles. The van der Waals surface area contributed by atoms with E-state index in [0.29, 0.717) is 0 Å². The first kappa shape index (κ1) is 12.9. The van der Waals surface area contributed by atoms with Crippen molar-refractivity contribution in [2.75, 3.05) is 14.2 Å². The predicted octanol–water partition coefficient (Wildman–Crippen LogP) is -0.323. The molecule has 1 aliphatic rings. The number of primary sulfonamides is 1. The van der Waals surface area contributed by atoms with Crippen LogP contribution in [0.5, 0.6) is 0 Å². The summed E-state index contributed by atoms with van der Waals surface area (Å²) in [6.07, 6.45) is 4.19. The van der Waals surface area contributed by atoms with Crippen molar-refractivity contribution in [1.82, 2.24) is 0 Å². The average Bonchev–Trinajstić information content (AvgIpc) is 2.26. The molecule has 90 valence electrons. The van der Waals surface area contributed by atoms with Gasteiger partial charge in [0.2, 0.25) is 10.0 Å². The third kappa shape index (κ3) is 2.31. The van der Waals surface area contributed by atoms with Gasteiger partial charge in [0.05, 0.1) is 12.0 Å². The molecule has 0 aromatic rings. The minimum absolute atomic E-state index is 0.161. The zero-order valence-corrected chi connectivity index (χ0v) is 9.78. The monoisotopic (exact) mass is 247 g/mol. The topological polar surface area (TPSA) is 95.7 Å². The van der Waals surface area contributed by atoms with Gasteiger partial charge in [-0.2, -0.15) is 0 Å². The normalized spacial score (nSPS) is 25.1. The molecule has 0 amide bonds. The summed E-state index contributed by atoms with van der Waals surface area (Å²) >= 11 is 0. The van der Waals surface area contributed by atoms with Crippen LogP contribution in [0.1, 0.15) is 6.42 Å². The number of nitrogens with two attached hydrogens (primary N) is 1. The highest BCUT2D eigenvalue weighted by atomic mass is 32.2. The summed E-state index contributed by atoms with van der Waals surface area (Å²) in [6.45, 7) is 0. The summed E-state index contributed by atoms with van der Waals surface area (Å²) in [4.78, 5) is 11.4. The van der Waals surface area contributed by atoms with E-state index in [1.165, 1.54) is 26.4 Å². The molecule has 0 aromatic heterocycles. The Labute approximate surface area is 93.8 Å². The molecular weight excluding hydrogens is 234 g/mol. The Morgan fingerprint density at radius 2 is 2.12 bits per heavy atom. The lowest BCUT2D eigenvalue weighted by atomic mass is 9.95. The summed E-state index contributed by atoms with van der Waals surface area (Å²) in [6, 6.07) is 0. The van der Waals surface area contributed by atoms with Crippen LogP contribution in [0.3, 0.4) is 0 Å². The number of hydrogen-bond donors (Lipinski definition) is 1. The van der Waals surface area contributed by atoms with E-state index < -0.39 is 21.6 Å². The number of carbonyl (C=O) groups excluding carboxylic acids is 1. The molecule has 1 rings (SSSR count). The molecule has 1 atom stereocenters. The van der Waals surface area contributed by atoms with Crippen LogP contribution >= 0.6 is 0 Å². The molecule has 6 nitrogen and oxygen atoms in total. The van der Waals surface area contributed by atoms with Gasteiger partial charge < -0.3 is 9.47 Å². The van der Waals surface area contributed by atoms with Crippen LogP contribution in [0.4, 0.5) is 0 Å². The van der Waals surface area contributed by atoms with E-state index in [2.05, 4.69) is 4.74 Å². The standard InChI is InChI=1S/C9H13NO5S/c1-14-8(11)9(15-2)5-3-4-7(6-9)16(10,12)13/h3-4,6H,5H2,1-2H3,(H2,10,12,13). The molecule has 2 N–H and O–H groups in total. The molecule has 1 unspecified atom stereocenters. The van der Waals surface area contributed by atoms with E-state index in [1.807, 2.05) is 0 Å². The fraction of sp³-hybridized carbons (Fsp3) is 0.444. The molecule has 0 fully saturated rings. The summed E-state index contributed by atoms with van der Waals surface area (Å²) in [5.41, 5.74) is -1.41. The molecule has 0 heterocycles. The fourth-order valence-electron chi connectivity index (χ4n) is 1.40. The van der Waals surface area contributed by atoms with Crippen molar-refractivity contribution in [3.8, 4) is 0 Å². The Balaban J connectivity index is 3.22.